The summed E-state index contributed by atoms with van der Waals surface area (Å²) < 4.78 is 16.7. The van der Waals surface area contributed by atoms with Crippen LogP contribution in [0.5, 0.6) is 0 Å². The molecule has 1 atom stereocenters. The Kier molecular flexibility index (Phi) is 6.66. The van der Waals surface area contributed by atoms with Crippen molar-refractivity contribution in [1.82, 2.24) is 29.3 Å². The minimum Gasteiger partial charge on any atom is -0.354 e. The van der Waals surface area contributed by atoms with E-state index in [-0.39, 0.29) is 0 Å². The predicted molar refractivity (Wildman–Crippen MR) is 149 cm³/mol. The van der Waals surface area contributed by atoms with Crippen molar-refractivity contribution in [3.63, 3.8) is 0 Å². The van der Waals surface area contributed by atoms with Crippen molar-refractivity contribution in [3.8, 4) is 40.2 Å². The first-order valence-electron chi connectivity index (χ1n) is 12.9. The molecule has 1 saturated heterocycles. The summed E-state index contributed by atoms with van der Waals surface area (Å²) in [5.74, 6) is 7.30. The second-order valence-electron chi connectivity index (χ2n) is 9.75. The molecule has 1 fully saturated rings. The van der Waals surface area contributed by atoms with Gasteiger partial charge in [0, 0.05) is 86.1 Å². The van der Waals surface area contributed by atoms with Gasteiger partial charge in [0.2, 0.25) is 0 Å². The van der Waals surface area contributed by atoms with E-state index in [1.165, 1.54) is 0 Å². The molecule has 0 amide bonds. The van der Waals surface area contributed by atoms with Gasteiger partial charge < -0.3 is 4.90 Å². The number of hydrogen-bond acceptors (Lipinski definition) is 6. The van der Waals surface area contributed by atoms with Crippen LogP contribution in [0.4, 0.5) is 10.2 Å². The Bertz CT molecular complexity index is 1670. The van der Waals surface area contributed by atoms with Gasteiger partial charge in [-0.2, -0.15) is 15.5 Å². The maximum absolute atomic E-state index is 13.2. The number of nitrogens with zero attached hydrogens (tertiary/aromatic N) is 8. The van der Waals surface area contributed by atoms with Crippen molar-refractivity contribution in [2.45, 2.75) is 12.6 Å². The molecular weight excluding hydrogens is 491 g/mol. The number of fused-ring (bicyclic) bond motifs is 1. The average molecular weight is 519 g/mol. The molecule has 0 bridgehead atoms. The van der Waals surface area contributed by atoms with E-state index in [2.05, 4.69) is 50.0 Å². The Morgan fingerprint density at radius 1 is 1.03 bits per heavy atom. The smallest absolute Gasteiger partial charge is 0.128 e. The molecule has 0 aromatic carbocycles. The van der Waals surface area contributed by atoms with Gasteiger partial charge in [0.1, 0.15) is 18.1 Å². The highest BCUT2D eigenvalue weighted by Gasteiger charge is 2.19. The topological polar surface area (TPSA) is 78.3 Å². The maximum Gasteiger partial charge on any atom is 0.128 e. The third-order valence-electron chi connectivity index (χ3n) is 7.11. The number of nitriles is 1. The summed E-state index contributed by atoms with van der Waals surface area (Å²) in [4.78, 5) is 9.40. The quantitative estimate of drug-likeness (QED) is 0.380. The summed E-state index contributed by atoms with van der Waals surface area (Å²) >= 11 is 0. The number of halogens is 1. The first kappa shape index (κ1) is 24.6. The predicted octanol–water partition coefficient (Wildman–Crippen LogP) is 4.02. The highest BCUT2D eigenvalue weighted by atomic mass is 19.1. The lowest BCUT2D eigenvalue weighted by atomic mass is 10.0. The number of hydrogen-bond donors (Lipinski definition) is 0. The summed E-state index contributed by atoms with van der Waals surface area (Å²) in [6, 6.07) is 8.43. The first-order valence-corrected chi connectivity index (χ1v) is 12.9. The van der Waals surface area contributed by atoms with Crippen LogP contribution in [0.3, 0.4) is 0 Å². The largest absolute Gasteiger partial charge is 0.354 e. The SMILES string of the molecule is Cn1cc(-c2cc(-c3ccc(N4CCN(CC#CC5=CCC(F)C=C5)CC4)nc3)c3c(C#N)cnn3c2)cn1. The lowest BCUT2D eigenvalue weighted by Crippen LogP contribution is -2.46. The second kappa shape index (κ2) is 10.6. The molecule has 0 radical (unpaired) electrons. The minimum atomic E-state index is -0.884. The van der Waals surface area contributed by atoms with Gasteiger partial charge in [0.25, 0.3) is 0 Å². The van der Waals surface area contributed by atoms with Crippen LogP contribution in [-0.2, 0) is 7.05 Å². The zero-order valence-electron chi connectivity index (χ0n) is 21.6. The molecule has 4 aromatic rings. The fourth-order valence-corrected chi connectivity index (χ4v) is 4.96. The average Bonchev–Trinajstić information content (AvgIpc) is 3.60. The number of rotatable bonds is 4. The van der Waals surface area contributed by atoms with Crippen LogP contribution in [0.1, 0.15) is 12.0 Å². The zero-order chi connectivity index (χ0) is 26.8. The van der Waals surface area contributed by atoms with Gasteiger partial charge in [0.15, 0.2) is 0 Å². The zero-order valence-corrected chi connectivity index (χ0v) is 21.6. The van der Waals surface area contributed by atoms with E-state index < -0.39 is 6.17 Å². The molecule has 1 unspecified atom stereocenters. The molecule has 2 aliphatic rings. The monoisotopic (exact) mass is 518 g/mol. The molecule has 9 heteroatoms. The second-order valence-corrected chi connectivity index (χ2v) is 9.75. The van der Waals surface area contributed by atoms with E-state index in [1.807, 2.05) is 44.0 Å². The van der Waals surface area contributed by atoms with Gasteiger partial charge in [-0.05, 0) is 30.4 Å². The highest BCUT2D eigenvalue weighted by molar-refractivity contribution is 5.87. The number of anilines is 1. The van der Waals surface area contributed by atoms with Crippen LogP contribution >= 0.6 is 0 Å². The first-order chi connectivity index (χ1) is 19.1. The number of piperazine rings is 1. The molecule has 0 saturated carbocycles. The number of aromatic nitrogens is 5. The third-order valence-corrected chi connectivity index (χ3v) is 7.11. The molecule has 0 N–H and O–H groups in total. The van der Waals surface area contributed by atoms with Crippen molar-refractivity contribution in [3.05, 3.63) is 78.5 Å². The Morgan fingerprint density at radius 3 is 2.59 bits per heavy atom. The summed E-state index contributed by atoms with van der Waals surface area (Å²) in [7, 11) is 1.89. The van der Waals surface area contributed by atoms with E-state index in [1.54, 1.807) is 27.5 Å². The fraction of sp³-hybridized carbons (Fsp3) is 0.267. The van der Waals surface area contributed by atoms with Gasteiger partial charge in [0.05, 0.1) is 30.0 Å². The Hall–Kier alpha value is -4.73. The molecule has 6 rings (SSSR count). The van der Waals surface area contributed by atoms with E-state index >= 15 is 0 Å². The van der Waals surface area contributed by atoms with Crippen molar-refractivity contribution in [1.29, 1.82) is 5.26 Å². The lowest BCUT2D eigenvalue weighted by Gasteiger charge is -2.34. The molecule has 1 aliphatic carbocycles. The van der Waals surface area contributed by atoms with Crippen LogP contribution in [0.25, 0.3) is 27.8 Å². The lowest BCUT2D eigenvalue weighted by molar-refractivity contribution is 0.287. The van der Waals surface area contributed by atoms with Gasteiger partial charge in [-0.25, -0.2) is 13.9 Å². The Balaban J connectivity index is 1.17. The van der Waals surface area contributed by atoms with E-state index in [0.29, 0.717) is 18.5 Å². The third kappa shape index (κ3) is 5.18. The molecule has 4 aromatic heterocycles. The van der Waals surface area contributed by atoms with Crippen molar-refractivity contribution >= 4 is 11.3 Å². The van der Waals surface area contributed by atoms with Crippen molar-refractivity contribution < 1.29 is 4.39 Å². The summed E-state index contributed by atoms with van der Waals surface area (Å²) in [5.41, 5.74) is 5.94. The number of alkyl halides is 1. The molecule has 194 valence electrons. The molecule has 1 aliphatic heterocycles. The minimum absolute atomic E-state index is 0.410. The van der Waals surface area contributed by atoms with Crippen LogP contribution in [0.2, 0.25) is 0 Å². The Morgan fingerprint density at radius 2 is 1.90 bits per heavy atom. The molecule has 8 nitrogen and oxygen atoms in total. The van der Waals surface area contributed by atoms with Crippen molar-refractivity contribution in [2.24, 2.45) is 7.05 Å². The highest BCUT2D eigenvalue weighted by Crippen LogP contribution is 2.32. The van der Waals surface area contributed by atoms with Gasteiger partial charge >= 0.3 is 0 Å². The fourth-order valence-electron chi connectivity index (χ4n) is 4.96. The summed E-state index contributed by atoms with van der Waals surface area (Å²) in [6.45, 7) is 4.22. The van der Waals surface area contributed by atoms with E-state index in [9.17, 15) is 9.65 Å². The number of allylic oxidation sites excluding steroid dienone is 4. The molecule has 39 heavy (non-hydrogen) atoms. The van der Waals surface area contributed by atoms with E-state index in [0.717, 1.165) is 65.3 Å². The van der Waals surface area contributed by atoms with Crippen LogP contribution in [0.15, 0.2) is 73.0 Å². The standard InChI is InChI=1S/C30H27FN8/c1-36-20-26(19-34-36)24-15-28(30-25(16-32)18-35-39(30)21-24)23-6-9-29(33-17-23)38-13-11-37(12-14-38)10-2-3-22-4-7-27(31)8-5-22/h4-7,9,15,17-21,27H,8,10-14H2,1H3. The Labute approximate surface area is 226 Å². The number of pyridine rings is 2. The van der Waals surface area contributed by atoms with Crippen LogP contribution in [0, 0.1) is 23.2 Å². The maximum atomic E-state index is 13.2. The number of aryl methyl sites for hydroxylation is 1. The molecule has 0 spiro atoms. The normalized spacial score (nSPS) is 17.5. The van der Waals surface area contributed by atoms with Gasteiger partial charge in [-0.15, -0.1) is 0 Å². The molecule has 5 heterocycles. The van der Waals surface area contributed by atoms with E-state index in [4.69, 9.17) is 4.98 Å². The summed E-state index contributed by atoms with van der Waals surface area (Å²) in [6.07, 6.45) is 13.9. The van der Waals surface area contributed by atoms with Gasteiger partial charge in [-0.1, -0.05) is 17.9 Å². The molecular formula is C30H27FN8. The van der Waals surface area contributed by atoms with Crippen LogP contribution < -0.4 is 4.90 Å². The van der Waals surface area contributed by atoms with Gasteiger partial charge in [-0.3, -0.25) is 9.58 Å². The summed E-state index contributed by atoms with van der Waals surface area (Å²) in [5, 5.41) is 18.4. The van der Waals surface area contributed by atoms with Crippen molar-refractivity contribution in [2.75, 3.05) is 37.6 Å². The van der Waals surface area contributed by atoms with Crippen LogP contribution in [-0.4, -0.2) is 68.2 Å².